The van der Waals surface area contributed by atoms with Gasteiger partial charge in [-0.15, -0.1) is 0 Å². The molecule has 1 aromatic rings. The van der Waals surface area contributed by atoms with Crippen LogP contribution in [0.25, 0.3) is 0 Å². The quantitative estimate of drug-likeness (QED) is 0.366. The minimum absolute atomic E-state index is 0.0693. The van der Waals surface area contributed by atoms with Gasteiger partial charge in [-0.3, -0.25) is 25.0 Å². The zero-order chi connectivity index (χ0) is 13.1. The lowest BCUT2D eigenvalue weighted by Gasteiger charge is -2.04. The second-order valence-electron chi connectivity index (χ2n) is 4.14. The SMILES string of the molecule is O=C1NC(=O)c2c(CCCC[N+](=O)[O-])cccc21. The van der Waals surface area contributed by atoms with Crippen LogP contribution < -0.4 is 5.32 Å². The minimum atomic E-state index is -0.375. The molecule has 1 heterocycles. The number of nitrogens with one attached hydrogen (secondary N) is 1. The molecule has 0 aliphatic carbocycles. The van der Waals surface area contributed by atoms with Crippen LogP contribution in [0.4, 0.5) is 0 Å². The molecule has 1 N–H and O–H groups in total. The molecule has 94 valence electrons. The number of rotatable bonds is 5. The summed E-state index contributed by atoms with van der Waals surface area (Å²) in [5.41, 5.74) is 1.59. The Labute approximate surface area is 103 Å². The summed E-state index contributed by atoms with van der Waals surface area (Å²) in [6.45, 7) is -0.0693. The first-order valence-corrected chi connectivity index (χ1v) is 5.69. The number of imide groups is 1. The van der Waals surface area contributed by atoms with E-state index in [9.17, 15) is 19.7 Å². The van der Waals surface area contributed by atoms with Crippen molar-refractivity contribution in [2.24, 2.45) is 0 Å². The van der Waals surface area contributed by atoms with Gasteiger partial charge in [0.05, 0.1) is 11.1 Å². The smallest absolute Gasteiger partial charge is 0.259 e. The third-order valence-corrected chi connectivity index (χ3v) is 2.89. The van der Waals surface area contributed by atoms with Crippen molar-refractivity contribution in [3.63, 3.8) is 0 Å². The molecule has 0 spiro atoms. The Kier molecular flexibility index (Phi) is 3.36. The van der Waals surface area contributed by atoms with Crippen LogP contribution in [-0.4, -0.2) is 23.3 Å². The molecule has 18 heavy (non-hydrogen) atoms. The van der Waals surface area contributed by atoms with Crippen molar-refractivity contribution in [1.29, 1.82) is 0 Å². The summed E-state index contributed by atoms with van der Waals surface area (Å²) < 4.78 is 0. The van der Waals surface area contributed by atoms with Gasteiger partial charge in [0.25, 0.3) is 11.8 Å². The van der Waals surface area contributed by atoms with E-state index in [1.54, 1.807) is 18.2 Å². The Morgan fingerprint density at radius 2 is 1.94 bits per heavy atom. The van der Waals surface area contributed by atoms with Crippen LogP contribution in [0.15, 0.2) is 18.2 Å². The minimum Gasteiger partial charge on any atom is -0.288 e. The molecular weight excluding hydrogens is 236 g/mol. The first kappa shape index (κ1) is 12.2. The monoisotopic (exact) mass is 248 g/mol. The molecule has 0 unspecified atom stereocenters. The summed E-state index contributed by atoms with van der Waals surface area (Å²) in [5, 5.41) is 12.4. The van der Waals surface area contributed by atoms with E-state index in [4.69, 9.17) is 0 Å². The van der Waals surface area contributed by atoms with E-state index in [2.05, 4.69) is 5.32 Å². The number of aryl methyl sites for hydroxylation is 1. The lowest BCUT2D eigenvalue weighted by atomic mass is 9.98. The standard InChI is InChI=1S/C12H12N2O4/c15-11-9-6-3-5-8(10(9)12(16)13-11)4-1-2-7-14(17)18/h3,5-6H,1-2,4,7H2,(H,13,15,16). The average Bonchev–Trinajstić information content (AvgIpc) is 2.61. The van der Waals surface area contributed by atoms with E-state index in [0.29, 0.717) is 30.4 Å². The molecular formula is C12H12N2O4. The van der Waals surface area contributed by atoms with Crippen LogP contribution in [-0.2, 0) is 6.42 Å². The van der Waals surface area contributed by atoms with E-state index in [0.717, 1.165) is 5.56 Å². The van der Waals surface area contributed by atoms with Crippen molar-refractivity contribution in [3.8, 4) is 0 Å². The maximum atomic E-state index is 11.6. The van der Waals surface area contributed by atoms with Crippen LogP contribution in [0.1, 0.15) is 39.1 Å². The number of carbonyl (C=O) groups excluding carboxylic acids is 2. The number of fused-ring (bicyclic) bond motifs is 1. The highest BCUT2D eigenvalue weighted by atomic mass is 16.6. The van der Waals surface area contributed by atoms with Crippen molar-refractivity contribution in [1.82, 2.24) is 5.32 Å². The van der Waals surface area contributed by atoms with Crippen LogP contribution in [0.3, 0.4) is 0 Å². The van der Waals surface area contributed by atoms with Gasteiger partial charge in [0.2, 0.25) is 6.54 Å². The van der Waals surface area contributed by atoms with Gasteiger partial charge in [0, 0.05) is 11.3 Å². The summed E-state index contributed by atoms with van der Waals surface area (Å²) >= 11 is 0. The average molecular weight is 248 g/mol. The summed E-state index contributed by atoms with van der Waals surface area (Å²) in [6.07, 6.45) is 1.66. The fourth-order valence-corrected chi connectivity index (χ4v) is 2.06. The number of nitrogens with zero attached hydrogens (tertiary/aromatic N) is 1. The van der Waals surface area contributed by atoms with Gasteiger partial charge < -0.3 is 0 Å². The van der Waals surface area contributed by atoms with Crippen molar-refractivity contribution in [2.45, 2.75) is 19.3 Å². The molecule has 0 bridgehead atoms. The normalized spacial score (nSPS) is 13.3. The molecule has 0 saturated heterocycles. The molecule has 2 rings (SSSR count). The number of carbonyl (C=O) groups is 2. The summed E-state index contributed by atoms with van der Waals surface area (Å²) in [4.78, 5) is 32.9. The lowest BCUT2D eigenvalue weighted by molar-refractivity contribution is -0.480. The predicted octanol–water partition coefficient (Wildman–Crippen LogP) is 1.17. The van der Waals surface area contributed by atoms with Gasteiger partial charge >= 0.3 is 0 Å². The third-order valence-electron chi connectivity index (χ3n) is 2.89. The predicted molar refractivity (Wildman–Crippen MR) is 63.0 cm³/mol. The first-order chi connectivity index (χ1) is 8.59. The van der Waals surface area contributed by atoms with Crippen molar-refractivity contribution >= 4 is 11.8 Å². The van der Waals surface area contributed by atoms with Gasteiger partial charge in [-0.05, 0) is 24.5 Å². The number of nitro groups is 1. The van der Waals surface area contributed by atoms with Crippen molar-refractivity contribution in [3.05, 3.63) is 45.0 Å². The van der Waals surface area contributed by atoms with Gasteiger partial charge in [-0.25, -0.2) is 0 Å². The number of unbranched alkanes of at least 4 members (excludes halogenated alkanes) is 1. The Morgan fingerprint density at radius 1 is 1.17 bits per heavy atom. The molecule has 1 aromatic carbocycles. The Bertz CT molecular complexity index is 525. The molecule has 0 fully saturated rings. The maximum absolute atomic E-state index is 11.6. The molecule has 2 amide bonds. The highest BCUT2D eigenvalue weighted by Gasteiger charge is 2.28. The fourth-order valence-electron chi connectivity index (χ4n) is 2.06. The molecule has 6 heteroatoms. The fraction of sp³-hybridized carbons (Fsp3) is 0.333. The van der Waals surface area contributed by atoms with Gasteiger partial charge in [-0.2, -0.15) is 0 Å². The molecule has 0 atom stereocenters. The van der Waals surface area contributed by atoms with Crippen LogP contribution in [0, 0.1) is 10.1 Å². The topological polar surface area (TPSA) is 89.3 Å². The third kappa shape index (κ3) is 2.37. The van der Waals surface area contributed by atoms with Crippen LogP contribution in [0.2, 0.25) is 0 Å². The lowest BCUT2D eigenvalue weighted by Crippen LogP contribution is -2.20. The molecule has 6 nitrogen and oxygen atoms in total. The summed E-state index contributed by atoms with van der Waals surface area (Å²) in [5.74, 6) is -0.748. The van der Waals surface area contributed by atoms with Crippen LogP contribution in [0.5, 0.6) is 0 Å². The Balaban J connectivity index is 2.08. The van der Waals surface area contributed by atoms with Crippen molar-refractivity contribution in [2.75, 3.05) is 6.54 Å². The largest absolute Gasteiger partial charge is 0.288 e. The summed E-state index contributed by atoms with van der Waals surface area (Å²) in [6, 6.07) is 5.11. The Hall–Kier alpha value is -2.24. The van der Waals surface area contributed by atoms with E-state index in [1.165, 1.54) is 0 Å². The van der Waals surface area contributed by atoms with E-state index in [-0.39, 0.29) is 23.3 Å². The molecule has 1 aliphatic heterocycles. The van der Waals surface area contributed by atoms with E-state index < -0.39 is 0 Å². The second kappa shape index (κ2) is 4.95. The zero-order valence-corrected chi connectivity index (χ0v) is 9.64. The van der Waals surface area contributed by atoms with E-state index >= 15 is 0 Å². The molecule has 0 radical (unpaired) electrons. The highest BCUT2D eigenvalue weighted by Crippen LogP contribution is 2.21. The number of hydrogen-bond acceptors (Lipinski definition) is 4. The molecule has 0 saturated carbocycles. The zero-order valence-electron chi connectivity index (χ0n) is 9.64. The molecule has 1 aliphatic rings. The summed E-state index contributed by atoms with van der Waals surface area (Å²) in [7, 11) is 0. The first-order valence-electron chi connectivity index (χ1n) is 5.69. The number of hydrogen-bond donors (Lipinski definition) is 1. The highest BCUT2D eigenvalue weighted by molar-refractivity contribution is 6.22. The van der Waals surface area contributed by atoms with Gasteiger partial charge in [0.15, 0.2) is 0 Å². The van der Waals surface area contributed by atoms with Gasteiger partial charge in [-0.1, -0.05) is 12.1 Å². The Morgan fingerprint density at radius 3 is 2.67 bits per heavy atom. The van der Waals surface area contributed by atoms with Crippen molar-refractivity contribution < 1.29 is 14.5 Å². The van der Waals surface area contributed by atoms with Crippen LogP contribution >= 0.6 is 0 Å². The van der Waals surface area contributed by atoms with Gasteiger partial charge in [0.1, 0.15) is 0 Å². The number of amides is 2. The maximum Gasteiger partial charge on any atom is 0.259 e. The second-order valence-corrected chi connectivity index (χ2v) is 4.14. The molecule has 0 aromatic heterocycles. The van der Waals surface area contributed by atoms with E-state index in [1.807, 2.05) is 0 Å². The number of benzene rings is 1.